The molecular weight excluding hydrogens is 280 g/mol. The van der Waals surface area contributed by atoms with Crippen molar-refractivity contribution < 1.29 is 0 Å². The molecule has 1 saturated carbocycles. The summed E-state index contributed by atoms with van der Waals surface area (Å²) >= 11 is 1.81. The van der Waals surface area contributed by atoms with Gasteiger partial charge in [-0.2, -0.15) is 0 Å². The summed E-state index contributed by atoms with van der Waals surface area (Å²) in [5.74, 6) is 6.73. The van der Waals surface area contributed by atoms with E-state index in [0.29, 0.717) is 0 Å². The van der Waals surface area contributed by atoms with E-state index in [4.69, 9.17) is 10.8 Å². The van der Waals surface area contributed by atoms with Gasteiger partial charge in [0.1, 0.15) is 0 Å². The second kappa shape index (κ2) is 6.73. The van der Waals surface area contributed by atoms with Gasteiger partial charge in [-0.25, -0.2) is 4.98 Å². The topological polar surface area (TPSA) is 54.2 Å². The average Bonchev–Trinajstić information content (AvgIpc) is 2.74. The van der Waals surface area contributed by atoms with Crippen molar-refractivity contribution in [1.82, 2.24) is 15.3 Å². The molecule has 1 aliphatic carbocycles. The normalized spacial score (nSPS) is 28.0. The Morgan fingerprint density at radius 2 is 2.19 bits per heavy atom. The van der Waals surface area contributed by atoms with Crippen LogP contribution in [-0.4, -0.2) is 35.6 Å². The van der Waals surface area contributed by atoms with Gasteiger partial charge in [-0.1, -0.05) is 19.8 Å². The summed E-state index contributed by atoms with van der Waals surface area (Å²) in [6, 6.07) is 0.250. The van der Waals surface area contributed by atoms with Gasteiger partial charge >= 0.3 is 0 Å². The second-order valence-corrected chi connectivity index (χ2v) is 8.16. The molecule has 0 saturated heterocycles. The van der Waals surface area contributed by atoms with Gasteiger partial charge in [-0.05, 0) is 46.7 Å². The first kappa shape index (κ1) is 16.9. The predicted molar refractivity (Wildman–Crippen MR) is 90.5 cm³/mol. The van der Waals surface area contributed by atoms with Crippen LogP contribution < -0.4 is 11.3 Å². The van der Waals surface area contributed by atoms with E-state index >= 15 is 0 Å². The van der Waals surface area contributed by atoms with Gasteiger partial charge in [0.25, 0.3) is 0 Å². The van der Waals surface area contributed by atoms with E-state index in [9.17, 15) is 0 Å². The number of nitrogens with zero attached hydrogens (tertiary/aromatic N) is 2. The number of hydrogen-bond donors (Lipinski definition) is 2. The molecule has 4 nitrogen and oxygen atoms in total. The van der Waals surface area contributed by atoms with Gasteiger partial charge < -0.3 is 4.90 Å². The van der Waals surface area contributed by atoms with Gasteiger partial charge in [0.05, 0.1) is 10.7 Å². The molecule has 21 heavy (non-hydrogen) atoms. The summed E-state index contributed by atoms with van der Waals surface area (Å²) in [4.78, 5) is 8.41. The first-order valence-corrected chi connectivity index (χ1v) is 8.77. The minimum Gasteiger partial charge on any atom is -0.302 e. The lowest BCUT2D eigenvalue weighted by atomic mass is 9.70. The van der Waals surface area contributed by atoms with Crippen molar-refractivity contribution in [3.05, 3.63) is 15.6 Å². The number of nitrogens with two attached hydrogens (primary N) is 1. The van der Waals surface area contributed by atoms with Gasteiger partial charge in [0.2, 0.25) is 0 Å². The van der Waals surface area contributed by atoms with Crippen LogP contribution in [-0.2, 0) is 6.42 Å². The van der Waals surface area contributed by atoms with E-state index in [-0.39, 0.29) is 11.6 Å². The number of aromatic nitrogens is 1. The van der Waals surface area contributed by atoms with E-state index < -0.39 is 0 Å². The Hall–Kier alpha value is -0.490. The molecule has 5 heteroatoms. The first-order chi connectivity index (χ1) is 9.89. The van der Waals surface area contributed by atoms with Crippen molar-refractivity contribution in [1.29, 1.82) is 0 Å². The molecule has 0 spiro atoms. The van der Waals surface area contributed by atoms with Crippen molar-refractivity contribution in [2.45, 2.75) is 64.5 Å². The molecule has 0 bridgehead atoms. The minimum absolute atomic E-state index is 0.139. The number of nitrogens with one attached hydrogen (secondary N) is 1. The van der Waals surface area contributed by atoms with E-state index in [1.165, 1.54) is 35.6 Å². The Balaban J connectivity index is 2.23. The van der Waals surface area contributed by atoms with Gasteiger partial charge in [-0.3, -0.25) is 11.3 Å². The van der Waals surface area contributed by atoms with Crippen LogP contribution in [0.3, 0.4) is 0 Å². The summed E-state index contributed by atoms with van der Waals surface area (Å²) in [5, 5.41) is 1.20. The zero-order valence-electron chi connectivity index (χ0n) is 14.1. The zero-order valence-corrected chi connectivity index (χ0v) is 14.9. The maximum atomic E-state index is 5.96. The molecule has 1 aromatic heterocycles. The molecule has 120 valence electrons. The molecule has 1 fully saturated rings. The SMILES string of the molecule is Cc1nc(CC(NN)C2(N(C)C)CCCC(C)C2)sc1C. The molecule has 0 aliphatic heterocycles. The Bertz CT molecular complexity index is 451. The Kier molecular flexibility index (Phi) is 5.41. The van der Waals surface area contributed by atoms with E-state index in [2.05, 4.69) is 45.2 Å². The van der Waals surface area contributed by atoms with Crippen LogP contribution in [0.1, 0.15) is 48.2 Å². The van der Waals surface area contributed by atoms with Crippen molar-refractivity contribution in [3.8, 4) is 0 Å². The molecule has 2 rings (SSSR count). The summed E-state index contributed by atoms with van der Waals surface area (Å²) in [5.41, 5.74) is 4.41. The molecule has 3 unspecified atom stereocenters. The first-order valence-electron chi connectivity index (χ1n) is 7.95. The maximum Gasteiger partial charge on any atom is 0.0947 e. The number of rotatable bonds is 5. The standard InChI is InChI=1S/C16H30N4S/c1-11-7-6-8-16(10-11,20(4)5)14(19-17)9-15-18-12(2)13(3)21-15/h11,14,19H,6-10,17H2,1-5H3. The molecule has 0 aromatic carbocycles. The lowest BCUT2D eigenvalue weighted by Crippen LogP contribution is -2.63. The van der Waals surface area contributed by atoms with Crippen molar-refractivity contribution in [3.63, 3.8) is 0 Å². The number of thiazole rings is 1. The third-order valence-corrected chi connectivity index (χ3v) is 6.30. The van der Waals surface area contributed by atoms with E-state index in [0.717, 1.165) is 18.0 Å². The number of hydrogen-bond acceptors (Lipinski definition) is 5. The summed E-state index contributed by atoms with van der Waals surface area (Å²) in [6.45, 7) is 6.60. The quantitative estimate of drug-likeness (QED) is 0.648. The molecule has 1 aromatic rings. The fourth-order valence-electron chi connectivity index (χ4n) is 3.80. The molecule has 0 radical (unpaired) electrons. The summed E-state index contributed by atoms with van der Waals surface area (Å²) < 4.78 is 0. The van der Waals surface area contributed by atoms with Crippen LogP contribution >= 0.6 is 11.3 Å². The van der Waals surface area contributed by atoms with Crippen LogP contribution in [0.2, 0.25) is 0 Å². The highest BCUT2D eigenvalue weighted by molar-refractivity contribution is 7.11. The Morgan fingerprint density at radius 1 is 1.48 bits per heavy atom. The molecule has 3 atom stereocenters. The number of hydrazine groups is 1. The van der Waals surface area contributed by atoms with Crippen LogP contribution in [0, 0.1) is 19.8 Å². The van der Waals surface area contributed by atoms with Crippen molar-refractivity contribution in [2.24, 2.45) is 11.8 Å². The van der Waals surface area contributed by atoms with Gasteiger partial charge in [0.15, 0.2) is 0 Å². The summed E-state index contributed by atoms with van der Waals surface area (Å²) in [6.07, 6.45) is 5.96. The highest BCUT2D eigenvalue weighted by atomic mass is 32.1. The molecule has 1 heterocycles. The third kappa shape index (κ3) is 3.47. The predicted octanol–water partition coefficient (Wildman–Crippen LogP) is 2.64. The lowest BCUT2D eigenvalue weighted by molar-refractivity contribution is 0.0373. The van der Waals surface area contributed by atoms with Crippen molar-refractivity contribution >= 4 is 11.3 Å². The average molecular weight is 311 g/mol. The summed E-state index contributed by atoms with van der Waals surface area (Å²) in [7, 11) is 4.39. The van der Waals surface area contributed by atoms with E-state index in [1.807, 2.05) is 11.3 Å². The molecule has 1 aliphatic rings. The van der Waals surface area contributed by atoms with Crippen LogP contribution in [0.15, 0.2) is 0 Å². The number of aryl methyl sites for hydroxylation is 2. The third-order valence-electron chi connectivity index (χ3n) is 5.20. The monoisotopic (exact) mass is 310 g/mol. The fraction of sp³-hybridized carbons (Fsp3) is 0.812. The zero-order chi connectivity index (χ0) is 15.6. The second-order valence-electron chi connectivity index (χ2n) is 6.87. The van der Waals surface area contributed by atoms with E-state index in [1.54, 1.807) is 0 Å². The minimum atomic E-state index is 0.139. The van der Waals surface area contributed by atoms with Gasteiger partial charge in [0, 0.05) is 22.9 Å². The largest absolute Gasteiger partial charge is 0.302 e. The van der Waals surface area contributed by atoms with Crippen LogP contribution in [0.25, 0.3) is 0 Å². The lowest BCUT2D eigenvalue weighted by Gasteiger charge is -2.50. The van der Waals surface area contributed by atoms with Crippen molar-refractivity contribution in [2.75, 3.05) is 14.1 Å². The molecule has 3 N–H and O–H groups in total. The number of likely N-dealkylation sites (N-methyl/N-ethyl adjacent to an activating group) is 1. The fourth-order valence-corrected chi connectivity index (χ4v) is 4.78. The highest BCUT2D eigenvalue weighted by Gasteiger charge is 2.43. The van der Waals surface area contributed by atoms with Crippen LogP contribution in [0.4, 0.5) is 0 Å². The molecule has 0 amide bonds. The highest BCUT2D eigenvalue weighted by Crippen LogP contribution is 2.39. The smallest absolute Gasteiger partial charge is 0.0947 e. The van der Waals surface area contributed by atoms with Gasteiger partial charge in [-0.15, -0.1) is 11.3 Å². The Labute approximate surface area is 133 Å². The Morgan fingerprint density at radius 3 is 2.67 bits per heavy atom. The maximum absolute atomic E-state index is 5.96. The van der Waals surface area contributed by atoms with Crippen LogP contribution in [0.5, 0.6) is 0 Å². The molecular formula is C16H30N4S.